The molecule has 4 heterocycles. The average molecular weight is 571 g/mol. The van der Waals surface area contributed by atoms with E-state index in [1.807, 2.05) is 7.05 Å². The van der Waals surface area contributed by atoms with Gasteiger partial charge in [0.25, 0.3) is 5.91 Å². The summed E-state index contributed by atoms with van der Waals surface area (Å²) in [4.78, 5) is 37.0. The molecule has 11 heteroatoms. The first-order valence-electron chi connectivity index (χ1n) is 13.7. The molecule has 2 saturated heterocycles. The van der Waals surface area contributed by atoms with E-state index in [9.17, 15) is 9.59 Å². The molecule has 214 valence electrons. The highest BCUT2D eigenvalue weighted by Crippen LogP contribution is 2.46. The third-order valence-electron chi connectivity index (χ3n) is 8.01. The number of carbonyl (C=O) groups is 2. The number of anilines is 1. The maximum absolute atomic E-state index is 15.0. The Balaban J connectivity index is 1.62. The topological polar surface area (TPSA) is 90.0 Å². The Kier molecular flexibility index (Phi) is 8.03. The van der Waals surface area contributed by atoms with Gasteiger partial charge in [0.1, 0.15) is 28.8 Å². The Morgan fingerprint density at radius 3 is 2.77 bits per heavy atom. The Labute approximate surface area is 239 Å². The molecular formula is C29H36ClFN6O3. The molecule has 5 rings (SSSR count). The highest BCUT2D eigenvalue weighted by atomic mass is 35.5. The molecule has 2 aromatic rings. The first kappa shape index (κ1) is 28.3. The standard InChI is InChI=1S/C29H36ClFN6O3/c1-5-22(38)35-12-13-36-19(16-35)17-40-26-23(28(36)39)27(34-25(24(26)30)20-8-6-7-9-21(20)31)37-15-18(14-29(37,2)3)33-11-10-32-4/h5-9,18-19,32-33H,1,10-17H2,2-4H3/t18-,19-/m1/s1. The van der Waals surface area contributed by atoms with E-state index in [-0.39, 0.29) is 63.6 Å². The van der Waals surface area contributed by atoms with Crippen molar-refractivity contribution in [2.75, 3.05) is 57.8 Å². The van der Waals surface area contributed by atoms with E-state index < -0.39 is 5.82 Å². The fraction of sp³-hybridized carbons (Fsp3) is 0.483. The van der Waals surface area contributed by atoms with Crippen molar-refractivity contribution in [1.82, 2.24) is 25.4 Å². The van der Waals surface area contributed by atoms with E-state index in [1.165, 1.54) is 12.1 Å². The molecule has 2 fully saturated rings. The third-order valence-corrected chi connectivity index (χ3v) is 8.36. The van der Waals surface area contributed by atoms with E-state index in [0.29, 0.717) is 32.0 Å². The number of fused-ring (bicyclic) bond motifs is 2. The number of nitrogens with zero attached hydrogens (tertiary/aromatic N) is 4. The molecule has 0 saturated carbocycles. The lowest BCUT2D eigenvalue weighted by Gasteiger charge is -2.40. The van der Waals surface area contributed by atoms with Crippen LogP contribution in [0.2, 0.25) is 5.02 Å². The number of amides is 2. The van der Waals surface area contributed by atoms with Crippen molar-refractivity contribution in [3.05, 3.63) is 53.3 Å². The number of piperazine rings is 1. The molecule has 0 aliphatic carbocycles. The number of rotatable bonds is 7. The first-order valence-corrected chi connectivity index (χ1v) is 14.0. The van der Waals surface area contributed by atoms with Gasteiger partial charge in [0, 0.05) is 56.4 Å². The van der Waals surface area contributed by atoms with Gasteiger partial charge in [-0.3, -0.25) is 9.59 Å². The minimum atomic E-state index is -0.467. The molecule has 2 atom stereocenters. The van der Waals surface area contributed by atoms with E-state index >= 15 is 4.39 Å². The van der Waals surface area contributed by atoms with Gasteiger partial charge in [-0.25, -0.2) is 9.37 Å². The van der Waals surface area contributed by atoms with Crippen molar-refractivity contribution in [3.8, 4) is 17.0 Å². The molecule has 0 unspecified atom stereocenters. The van der Waals surface area contributed by atoms with Crippen LogP contribution in [0.4, 0.5) is 10.2 Å². The second kappa shape index (κ2) is 11.3. The summed E-state index contributed by atoms with van der Waals surface area (Å²) < 4.78 is 21.3. The lowest BCUT2D eigenvalue weighted by molar-refractivity contribution is -0.128. The second-order valence-corrected chi connectivity index (χ2v) is 11.5. The minimum absolute atomic E-state index is 0.0942. The summed E-state index contributed by atoms with van der Waals surface area (Å²) >= 11 is 6.89. The van der Waals surface area contributed by atoms with Crippen molar-refractivity contribution < 1.29 is 18.7 Å². The smallest absolute Gasteiger partial charge is 0.261 e. The fourth-order valence-electron chi connectivity index (χ4n) is 5.96. The number of benzene rings is 1. The van der Waals surface area contributed by atoms with Crippen LogP contribution < -0.4 is 20.3 Å². The number of hydrogen-bond acceptors (Lipinski definition) is 7. The van der Waals surface area contributed by atoms with Gasteiger partial charge in [0.15, 0.2) is 5.75 Å². The van der Waals surface area contributed by atoms with Gasteiger partial charge < -0.3 is 30.1 Å². The summed E-state index contributed by atoms with van der Waals surface area (Å²) in [6.07, 6.45) is 2.10. The highest BCUT2D eigenvalue weighted by molar-refractivity contribution is 6.35. The van der Waals surface area contributed by atoms with E-state index in [1.54, 1.807) is 28.0 Å². The van der Waals surface area contributed by atoms with Crippen LogP contribution in [-0.4, -0.2) is 97.1 Å². The highest BCUT2D eigenvalue weighted by Gasteiger charge is 2.45. The normalized spacial score (nSPS) is 21.9. The van der Waals surface area contributed by atoms with Gasteiger partial charge in [-0.1, -0.05) is 30.3 Å². The maximum Gasteiger partial charge on any atom is 0.261 e. The number of aromatic nitrogens is 1. The Bertz CT molecular complexity index is 1320. The number of hydrogen-bond donors (Lipinski definition) is 2. The second-order valence-electron chi connectivity index (χ2n) is 11.1. The van der Waals surface area contributed by atoms with Gasteiger partial charge in [-0.15, -0.1) is 0 Å². The van der Waals surface area contributed by atoms with Crippen LogP contribution in [0.1, 0.15) is 30.6 Å². The van der Waals surface area contributed by atoms with Crippen LogP contribution in [0.25, 0.3) is 11.3 Å². The molecule has 2 amide bonds. The lowest BCUT2D eigenvalue weighted by atomic mass is 9.99. The summed E-state index contributed by atoms with van der Waals surface area (Å²) in [5.74, 6) is -0.281. The van der Waals surface area contributed by atoms with Crippen molar-refractivity contribution in [2.45, 2.75) is 37.9 Å². The zero-order valence-corrected chi connectivity index (χ0v) is 23.9. The van der Waals surface area contributed by atoms with Crippen LogP contribution in [0.5, 0.6) is 5.75 Å². The van der Waals surface area contributed by atoms with Gasteiger partial charge in [0.05, 0.1) is 11.7 Å². The predicted octanol–water partition coefficient (Wildman–Crippen LogP) is 2.94. The fourth-order valence-corrected chi connectivity index (χ4v) is 6.25. The van der Waals surface area contributed by atoms with Crippen molar-refractivity contribution >= 4 is 29.2 Å². The molecule has 0 radical (unpaired) electrons. The number of nitrogens with one attached hydrogen (secondary N) is 2. The van der Waals surface area contributed by atoms with E-state index in [0.717, 1.165) is 19.5 Å². The van der Waals surface area contributed by atoms with E-state index in [4.69, 9.17) is 21.3 Å². The van der Waals surface area contributed by atoms with Crippen LogP contribution >= 0.6 is 11.6 Å². The largest absolute Gasteiger partial charge is 0.489 e. The summed E-state index contributed by atoms with van der Waals surface area (Å²) in [6.45, 7) is 11.2. The number of pyridine rings is 1. The van der Waals surface area contributed by atoms with Crippen molar-refractivity contribution in [3.63, 3.8) is 0 Å². The molecular weight excluding hydrogens is 535 g/mol. The Morgan fingerprint density at radius 1 is 1.27 bits per heavy atom. The zero-order chi connectivity index (χ0) is 28.6. The Morgan fingerprint density at radius 2 is 2.05 bits per heavy atom. The summed E-state index contributed by atoms with van der Waals surface area (Å²) in [6, 6.07) is 6.10. The summed E-state index contributed by atoms with van der Waals surface area (Å²) in [7, 11) is 1.91. The molecule has 1 aromatic carbocycles. The molecule has 2 N–H and O–H groups in total. The van der Waals surface area contributed by atoms with Crippen LogP contribution in [0.15, 0.2) is 36.9 Å². The minimum Gasteiger partial charge on any atom is -0.489 e. The molecule has 40 heavy (non-hydrogen) atoms. The zero-order valence-electron chi connectivity index (χ0n) is 23.2. The average Bonchev–Trinajstić information content (AvgIpc) is 3.16. The van der Waals surface area contributed by atoms with Crippen molar-refractivity contribution in [1.29, 1.82) is 0 Å². The maximum atomic E-state index is 15.0. The van der Waals surface area contributed by atoms with Gasteiger partial charge in [-0.05, 0) is 45.5 Å². The first-order chi connectivity index (χ1) is 19.2. The number of carbonyl (C=O) groups excluding carboxylic acids is 2. The number of halogens is 2. The van der Waals surface area contributed by atoms with Gasteiger partial charge in [-0.2, -0.15) is 0 Å². The SMILES string of the molecule is C=CC(=O)N1CCN2C(=O)c3c(N4C[C@H](NCCNC)CC4(C)C)nc(-c4ccccc4F)c(Cl)c3OC[C@H]2C1. The van der Waals surface area contributed by atoms with E-state index in [2.05, 4.69) is 36.0 Å². The number of likely N-dealkylation sites (N-methyl/N-ethyl adjacent to an activating group) is 1. The monoisotopic (exact) mass is 570 g/mol. The number of ether oxygens (including phenoxy) is 1. The molecule has 0 bridgehead atoms. The van der Waals surface area contributed by atoms with Gasteiger partial charge >= 0.3 is 0 Å². The van der Waals surface area contributed by atoms with Crippen LogP contribution in [0.3, 0.4) is 0 Å². The molecule has 9 nitrogen and oxygen atoms in total. The quantitative estimate of drug-likeness (QED) is 0.391. The van der Waals surface area contributed by atoms with Gasteiger partial charge in [0.2, 0.25) is 5.91 Å². The molecule has 0 spiro atoms. The summed E-state index contributed by atoms with van der Waals surface area (Å²) in [5.41, 5.74) is 0.379. The Hall–Kier alpha value is -3.21. The van der Waals surface area contributed by atoms with Crippen LogP contribution in [-0.2, 0) is 4.79 Å². The summed E-state index contributed by atoms with van der Waals surface area (Å²) in [5, 5.41) is 6.83. The molecule has 1 aromatic heterocycles. The van der Waals surface area contributed by atoms with Crippen molar-refractivity contribution in [2.24, 2.45) is 0 Å². The predicted molar refractivity (Wildman–Crippen MR) is 153 cm³/mol. The lowest BCUT2D eigenvalue weighted by Crippen LogP contribution is -2.57. The van der Waals surface area contributed by atoms with Crippen LogP contribution in [0, 0.1) is 5.82 Å². The third kappa shape index (κ3) is 5.15. The molecule has 3 aliphatic rings. The molecule has 3 aliphatic heterocycles.